The van der Waals surface area contributed by atoms with Gasteiger partial charge in [-0.25, -0.2) is 4.79 Å². The molecular weight excluding hydrogens is 232 g/mol. The SMILES string of the molecule is Cn1cc(C2=CN/C(=C(\C=N)C(=O)O)C=C2)cn1. The first kappa shape index (κ1) is 11.8. The van der Waals surface area contributed by atoms with Crippen molar-refractivity contribution in [1.82, 2.24) is 15.1 Å². The lowest BCUT2D eigenvalue weighted by Crippen LogP contribution is -2.15. The molecular formula is C12H12N4O2. The number of hydrogen-bond acceptors (Lipinski definition) is 4. The number of aromatic nitrogens is 2. The van der Waals surface area contributed by atoms with Crippen LogP contribution in [-0.2, 0) is 11.8 Å². The molecule has 3 N–H and O–H groups in total. The van der Waals surface area contributed by atoms with Gasteiger partial charge in [0.1, 0.15) is 5.57 Å². The van der Waals surface area contributed by atoms with Gasteiger partial charge in [-0.05, 0) is 6.08 Å². The van der Waals surface area contributed by atoms with Crippen LogP contribution in [-0.4, -0.2) is 27.1 Å². The van der Waals surface area contributed by atoms with Crippen LogP contribution in [0.3, 0.4) is 0 Å². The Bertz CT molecular complexity index is 593. The quantitative estimate of drug-likeness (QED) is 0.544. The zero-order chi connectivity index (χ0) is 13.1. The van der Waals surface area contributed by atoms with Crippen molar-refractivity contribution < 1.29 is 9.90 Å². The number of carbonyl (C=O) groups is 1. The number of dihydropyridines is 1. The van der Waals surface area contributed by atoms with Crippen LogP contribution in [0.5, 0.6) is 0 Å². The minimum atomic E-state index is -1.13. The summed E-state index contributed by atoms with van der Waals surface area (Å²) in [6, 6.07) is 0. The van der Waals surface area contributed by atoms with E-state index >= 15 is 0 Å². The second kappa shape index (κ2) is 4.70. The summed E-state index contributed by atoms with van der Waals surface area (Å²) in [5.74, 6) is -1.13. The van der Waals surface area contributed by atoms with Crippen molar-refractivity contribution in [3.63, 3.8) is 0 Å². The molecule has 0 spiro atoms. The zero-order valence-electron chi connectivity index (χ0n) is 9.71. The molecule has 0 radical (unpaired) electrons. The van der Waals surface area contributed by atoms with Crippen LogP contribution in [0.15, 0.2) is 42.0 Å². The summed E-state index contributed by atoms with van der Waals surface area (Å²) in [5.41, 5.74) is 2.16. The predicted molar refractivity (Wildman–Crippen MR) is 66.9 cm³/mol. The smallest absolute Gasteiger partial charge is 0.339 e. The van der Waals surface area contributed by atoms with Crippen LogP contribution in [0.1, 0.15) is 5.56 Å². The lowest BCUT2D eigenvalue weighted by atomic mass is 10.1. The van der Waals surface area contributed by atoms with Crippen LogP contribution < -0.4 is 5.32 Å². The predicted octanol–water partition coefficient (Wildman–Crippen LogP) is 0.909. The van der Waals surface area contributed by atoms with Crippen LogP contribution in [0.4, 0.5) is 0 Å². The van der Waals surface area contributed by atoms with Gasteiger partial charge in [-0.2, -0.15) is 5.10 Å². The van der Waals surface area contributed by atoms with E-state index in [1.807, 2.05) is 13.2 Å². The average molecular weight is 244 g/mol. The highest BCUT2D eigenvalue weighted by Crippen LogP contribution is 2.19. The van der Waals surface area contributed by atoms with Gasteiger partial charge in [0.25, 0.3) is 0 Å². The molecule has 1 aromatic rings. The molecule has 2 rings (SSSR count). The molecule has 1 aromatic heterocycles. The van der Waals surface area contributed by atoms with E-state index in [9.17, 15) is 4.79 Å². The number of aryl methyl sites for hydroxylation is 1. The monoisotopic (exact) mass is 244 g/mol. The summed E-state index contributed by atoms with van der Waals surface area (Å²) in [4.78, 5) is 10.9. The number of carboxylic acids is 1. The lowest BCUT2D eigenvalue weighted by molar-refractivity contribution is -0.132. The van der Waals surface area contributed by atoms with Crippen molar-refractivity contribution >= 4 is 17.8 Å². The van der Waals surface area contributed by atoms with Gasteiger partial charge in [0.2, 0.25) is 0 Å². The van der Waals surface area contributed by atoms with Crippen molar-refractivity contribution in [2.45, 2.75) is 0 Å². The Balaban J connectivity index is 2.26. The molecule has 0 bridgehead atoms. The van der Waals surface area contributed by atoms with Gasteiger partial charge in [-0.3, -0.25) is 4.68 Å². The van der Waals surface area contributed by atoms with Crippen LogP contribution in [0.25, 0.3) is 5.57 Å². The summed E-state index contributed by atoms with van der Waals surface area (Å²) >= 11 is 0. The molecule has 0 aromatic carbocycles. The van der Waals surface area contributed by atoms with Crippen molar-refractivity contribution in [1.29, 1.82) is 5.41 Å². The van der Waals surface area contributed by atoms with E-state index in [1.54, 1.807) is 29.2 Å². The third-order valence-corrected chi connectivity index (χ3v) is 2.52. The topological polar surface area (TPSA) is 91.0 Å². The van der Waals surface area contributed by atoms with Gasteiger partial charge in [-0.15, -0.1) is 0 Å². The standard InChI is InChI=1S/C12H12N4O2/c1-16-7-9(6-15-16)8-2-3-11(14-5-8)10(4-13)12(17)18/h2-7,13-14H,1H3,(H,17,18)/b11-10+,13-4?. The molecule has 6 heteroatoms. The van der Waals surface area contributed by atoms with Gasteiger partial charge in [0, 0.05) is 36.8 Å². The second-order valence-electron chi connectivity index (χ2n) is 3.76. The minimum absolute atomic E-state index is 0.0762. The third-order valence-electron chi connectivity index (χ3n) is 2.52. The van der Waals surface area contributed by atoms with E-state index in [2.05, 4.69) is 10.4 Å². The van der Waals surface area contributed by atoms with Crippen LogP contribution in [0.2, 0.25) is 0 Å². The summed E-state index contributed by atoms with van der Waals surface area (Å²) in [5, 5.41) is 22.9. The Hall–Kier alpha value is -2.63. The number of allylic oxidation sites excluding steroid dienone is 3. The number of carboxylic acid groups (broad SMARTS) is 1. The highest BCUT2D eigenvalue weighted by atomic mass is 16.4. The molecule has 92 valence electrons. The normalized spacial score (nSPS) is 16.8. The van der Waals surface area contributed by atoms with E-state index in [4.69, 9.17) is 10.5 Å². The Morgan fingerprint density at radius 3 is 2.78 bits per heavy atom. The molecule has 0 fully saturated rings. The first-order valence-corrected chi connectivity index (χ1v) is 5.23. The van der Waals surface area contributed by atoms with Crippen molar-refractivity contribution in [3.8, 4) is 0 Å². The maximum atomic E-state index is 10.9. The largest absolute Gasteiger partial charge is 0.478 e. The molecule has 1 aliphatic heterocycles. The highest BCUT2D eigenvalue weighted by molar-refractivity contribution is 6.08. The van der Waals surface area contributed by atoms with Gasteiger partial charge >= 0.3 is 5.97 Å². The summed E-state index contributed by atoms with van der Waals surface area (Å²) in [6.07, 6.45) is 9.52. The number of nitrogens with one attached hydrogen (secondary N) is 2. The van der Waals surface area contributed by atoms with E-state index in [-0.39, 0.29) is 5.57 Å². The summed E-state index contributed by atoms with van der Waals surface area (Å²) < 4.78 is 1.69. The Morgan fingerprint density at radius 2 is 2.33 bits per heavy atom. The van der Waals surface area contributed by atoms with Crippen LogP contribution in [0, 0.1) is 5.41 Å². The first-order chi connectivity index (χ1) is 8.61. The molecule has 1 aliphatic rings. The van der Waals surface area contributed by atoms with E-state index in [0.29, 0.717) is 5.70 Å². The molecule has 0 saturated carbocycles. The molecule has 0 saturated heterocycles. The molecule has 2 heterocycles. The maximum Gasteiger partial charge on any atom is 0.339 e. The number of hydrogen-bond donors (Lipinski definition) is 3. The summed E-state index contributed by atoms with van der Waals surface area (Å²) in [7, 11) is 1.83. The van der Waals surface area contributed by atoms with E-state index < -0.39 is 5.97 Å². The van der Waals surface area contributed by atoms with Crippen molar-refractivity contribution in [2.24, 2.45) is 7.05 Å². The Morgan fingerprint density at radius 1 is 1.56 bits per heavy atom. The van der Waals surface area contributed by atoms with Gasteiger partial charge < -0.3 is 15.8 Å². The van der Waals surface area contributed by atoms with Crippen LogP contribution >= 0.6 is 0 Å². The van der Waals surface area contributed by atoms with Crippen molar-refractivity contribution in [3.05, 3.63) is 47.6 Å². The fraction of sp³-hybridized carbons (Fsp3) is 0.0833. The molecule has 0 unspecified atom stereocenters. The van der Waals surface area contributed by atoms with Gasteiger partial charge in [0.15, 0.2) is 0 Å². The van der Waals surface area contributed by atoms with Gasteiger partial charge in [-0.1, -0.05) is 6.08 Å². The van der Waals surface area contributed by atoms with E-state index in [0.717, 1.165) is 17.4 Å². The summed E-state index contributed by atoms with van der Waals surface area (Å²) in [6.45, 7) is 0. The Labute approximate surface area is 103 Å². The number of rotatable bonds is 3. The Kier molecular flexibility index (Phi) is 3.09. The maximum absolute atomic E-state index is 10.9. The fourth-order valence-electron chi connectivity index (χ4n) is 1.60. The van der Waals surface area contributed by atoms with E-state index in [1.165, 1.54) is 0 Å². The lowest BCUT2D eigenvalue weighted by Gasteiger charge is -2.11. The molecule has 6 nitrogen and oxygen atoms in total. The number of aliphatic carboxylic acids is 1. The molecule has 0 aliphatic carbocycles. The third kappa shape index (κ3) is 2.22. The molecule has 18 heavy (non-hydrogen) atoms. The molecule has 0 atom stereocenters. The highest BCUT2D eigenvalue weighted by Gasteiger charge is 2.12. The first-order valence-electron chi connectivity index (χ1n) is 5.23. The average Bonchev–Trinajstić information content (AvgIpc) is 2.77. The van der Waals surface area contributed by atoms with Crippen molar-refractivity contribution in [2.75, 3.05) is 0 Å². The second-order valence-corrected chi connectivity index (χ2v) is 3.76. The fourth-order valence-corrected chi connectivity index (χ4v) is 1.60. The minimum Gasteiger partial charge on any atom is -0.478 e. The van der Waals surface area contributed by atoms with Gasteiger partial charge in [0.05, 0.1) is 11.9 Å². The number of nitrogens with zero attached hydrogens (tertiary/aromatic N) is 2. The molecule has 0 amide bonds. The zero-order valence-corrected chi connectivity index (χ0v) is 9.71.